The van der Waals surface area contributed by atoms with Crippen LogP contribution in [0.4, 0.5) is 0 Å². The van der Waals surface area contributed by atoms with Crippen LogP contribution in [0.25, 0.3) is 0 Å². The zero-order valence-corrected chi connectivity index (χ0v) is 30.2. The average Bonchev–Trinajstić information content (AvgIpc) is 3.01. The molecule has 0 aliphatic carbocycles. The van der Waals surface area contributed by atoms with Crippen molar-refractivity contribution in [3.8, 4) is 0 Å². The van der Waals surface area contributed by atoms with E-state index in [-0.39, 0.29) is 0 Å². The number of aliphatic hydroxyl groups excluding tert-OH is 1. The van der Waals surface area contributed by atoms with E-state index >= 15 is 0 Å². The van der Waals surface area contributed by atoms with Crippen LogP contribution in [0.15, 0.2) is 0 Å². The first kappa shape index (κ1) is 47.3. The van der Waals surface area contributed by atoms with E-state index < -0.39 is 11.9 Å². The van der Waals surface area contributed by atoms with E-state index in [0.29, 0.717) is 19.4 Å². The molecule has 0 aromatic rings. The largest absolute Gasteiger partial charge is 0.481 e. The molecule has 0 aliphatic heterocycles. The fourth-order valence-electron chi connectivity index (χ4n) is 5.30. The zero-order chi connectivity index (χ0) is 33.2. The van der Waals surface area contributed by atoms with Crippen LogP contribution in [0.1, 0.15) is 233 Å². The molecule has 0 aromatic heterocycles. The summed E-state index contributed by atoms with van der Waals surface area (Å²) in [6.07, 6.45) is 41.3. The molecule has 0 heterocycles. The summed E-state index contributed by atoms with van der Waals surface area (Å²) in [6, 6.07) is 0. The smallest absolute Gasteiger partial charge is 0.303 e. The van der Waals surface area contributed by atoms with Crippen molar-refractivity contribution >= 4 is 11.9 Å². The van der Waals surface area contributed by atoms with Crippen molar-refractivity contribution in [1.82, 2.24) is 0 Å². The molecular formula is C39H80O5. The summed E-state index contributed by atoms with van der Waals surface area (Å²) in [5, 5.41) is 24.9. The number of carboxylic acids is 2. The van der Waals surface area contributed by atoms with E-state index in [1.165, 1.54) is 167 Å². The minimum atomic E-state index is -0.653. The molecule has 0 bridgehead atoms. The minimum Gasteiger partial charge on any atom is -0.481 e. The highest BCUT2D eigenvalue weighted by molar-refractivity contribution is 5.66. The Hall–Kier alpha value is -1.10. The number of rotatable bonds is 33. The lowest BCUT2D eigenvalue weighted by Gasteiger charge is -2.03. The van der Waals surface area contributed by atoms with Crippen molar-refractivity contribution < 1.29 is 24.9 Å². The van der Waals surface area contributed by atoms with Gasteiger partial charge in [-0.15, -0.1) is 0 Å². The van der Waals surface area contributed by atoms with Gasteiger partial charge in [0.1, 0.15) is 0 Å². The number of aliphatic carboxylic acids is 2. The van der Waals surface area contributed by atoms with E-state index in [1.54, 1.807) is 0 Å². The molecule has 5 heteroatoms. The SMILES string of the molecule is CCCCCCCCCCCCCCCCCC(=O)O.CCCCCCCCCCCCCCCCCC(=O)O.CCCO. The van der Waals surface area contributed by atoms with Crippen molar-refractivity contribution in [2.24, 2.45) is 0 Å². The highest BCUT2D eigenvalue weighted by atomic mass is 16.4. The second kappa shape index (κ2) is 46.3. The lowest BCUT2D eigenvalue weighted by Crippen LogP contribution is -1.93. The van der Waals surface area contributed by atoms with Gasteiger partial charge in [-0.25, -0.2) is 0 Å². The van der Waals surface area contributed by atoms with Gasteiger partial charge in [0.15, 0.2) is 0 Å². The van der Waals surface area contributed by atoms with E-state index in [0.717, 1.165) is 32.1 Å². The van der Waals surface area contributed by atoms with Crippen LogP contribution in [-0.4, -0.2) is 33.9 Å². The summed E-state index contributed by atoms with van der Waals surface area (Å²) in [6.45, 7) is 6.79. The lowest BCUT2D eigenvalue weighted by molar-refractivity contribution is -0.138. The molecule has 0 fully saturated rings. The fraction of sp³-hybridized carbons (Fsp3) is 0.949. The zero-order valence-electron chi connectivity index (χ0n) is 30.2. The van der Waals surface area contributed by atoms with Gasteiger partial charge in [-0.2, -0.15) is 0 Å². The molecule has 3 N–H and O–H groups in total. The fourth-order valence-corrected chi connectivity index (χ4v) is 5.30. The van der Waals surface area contributed by atoms with E-state index in [1.807, 2.05) is 6.92 Å². The van der Waals surface area contributed by atoms with Crippen LogP contribution in [-0.2, 0) is 9.59 Å². The van der Waals surface area contributed by atoms with E-state index in [2.05, 4.69) is 13.8 Å². The summed E-state index contributed by atoms with van der Waals surface area (Å²) in [5.41, 5.74) is 0. The maximum absolute atomic E-state index is 10.3. The van der Waals surface area contributed by atoms with Gasteiger partial charge in [0, 0.05) is 19.4 Å². The van der Waals surface area contributed by atoms with Crippen molar-refractivity contribution in [2.75, 3.05) is 6.61 Å². The molecule has 0 saturated heterocycles. The van der Waals surface area contributed by atoms with Gasteiger partial charge in [-0.1, -0.05) is 201 Å². The molecule has 0 rings (SSSR count). The Morgan fingerprint density at radius 1 is 0.318 bits per heavy atom. The molecule has 5 nitrogen and oxygen atoms in total. The van der Waals surface area contributed by atoms with Crippen LogP contribution in [0.3, 0.4) is 0 Å². The number of carboxylic acid groups (broad SMARTS) is 2. The Morgan fingerprint density at radius 2 is 0.477 bits per heavy atom. The number of hydrogen-bond donors (Lipinski definition) is 3. The monoisotopic (exact) mass is 629 g/mol. The third-order valence-corrected chi connectivity index (χ3v) is 8.21. The van der Waals surface area contributed by atoms with Crippen molar-refractivity contribution in [2.45, 2.75) is 233 Å². The van der Waals surface area contributed by atoms with Crippen molar-refractivity contribution in [3.63, 3.8) is 0 Å². The maximum atomic E-state index is 10.3. The Kier molecular flexibility index (Phi) is 49.8. The van der Waals surface area contributed by atoms with Gasteiger partial charge < -0.3 is 15.3 Å². The van der Waals surface area contributed by atoms with Crippen LogP contribution >= 0.6 is 0 Å². The number of hydrogen-bond acceptors (Lipinski definition) is 3. The van der Waals surface area contributed by atoms with Crippen LogP contribution < -0.4 is 0 Å². The highest BCUT2D eigenvalue weighted by Gasteiger charge is 1.98. The first-order valence-electron chi connectivity index (χ1n) is 19.5. The van der Waals surface area contributed by atoms with E-state index in [9.17, 15) is 9.59 Å². The number of carbonyl (C=O) groups is 2. The predicted octanol–water partition coefficient (Wildman–Crippen LogP) is 13.1. The molecule has 0 unspecified atom stereocenters. The Labute approximate surface area is 275 Å². The van der Waals surface area contributed by atoms with Gasteiger partial charge in [0.25, 0.3) is 0 Å². The van der Waals surface area contributed by atoms with Crippen LogP contribution in [0, 0.1) is 0 Å². The Morgan fingerprint density at radius 3 is 0.614 bits per heavy atom. The van der Waals surface area contributed by atoms with Gasteiger partial charge in [0.05, 0.1) is 0 Å². The molecule has 44 heavy (non-hydrogen) atoms. The third-order valence-electron chi connectivity index (χ3n) is 8.21. The number of aliphatic hydroxyl groups is 1. The third kappa shape index (κ3) is 56.7. The molecular weight excluding hydrogens is 548 g/mol. The van der Waals surface area contributed by atoms with Crippen LogP contribution in [0.2, 0.25) is 0 Å². The van der Waals surface area contributed by atoms with Gasteiger partial charge >= 0.3 is 11.9 Å². The Balaban J connectivity index is -0.000000680. The highest BCUT2D eigenvalue weighted by Crippen LogP contribution is 2.15. The molecule has 0 aromatic carbocycles. The van der Waals surface area contributed by atoms with Gasteiger partial charge in [0.2, 0.25) is 0 Å². The van der Waals surface area contributed by atoms with E-state index in [4.69, 9.17) is 15.3 Å². The van der Waals surface area contributed by atoms with Crippen LogP contribution in [0.5, 0.6) is 0 Å². The summed E-state index contributed by atoms with van der Waals surface area (Å²) in [4.78, 5) is 20.7. The summed E-state index contributed by atoms with van der Waals surface area (Å²) >= 11 is 0. The molecule has 0 spiro atoms. The summed E-state index contributed by atoms with van der Waals surface area (Å²) in [7, 11) is 0. The standard InChI is InChI=1S/2C18H36O2.C3H8O/c2*1-2-3-4-5-6-7-8-9-10-11-12-13-14-15-16-17-18(19)20;1-2-3-4/h2*2-17H2,1H3,(H,19,20);4H,2-3H2,1H3. The molecule has 0 radical (unpaired) electrons. The second-order valence-electron chi connectivity index (χ2n) is 12.9. The second-order valence-corrected chi connectivity index (χ2v) is 12.9. The first-order valence-corrected chi connectivity index (χ1v) is 19.5. The van der Waals surface area contributed by atoms with Crippen molar-refractivity contribution in [1.29, 1.82) is 0 Å². The predicted molar refractivity (Wildman–Crippen MR) is 192 cm³/mol. The van der Waals surface area contributed by atoms with Gasteiger partial charge in [-0.05, 0) is 19.3 Å². The van der Waals surface area contributed by atoms with Crippen molar-refractivity contribution in [3.05, 3.63) is 0 Å². The Bertz CT molecular complexity index is 477. The summed E-state index contributed by atoms with van der Waals surface area (Å²) in [5.74, 6) is -1.31. The maximum Gasteiger partial charge on any atom is 0.303 e. The van der Waals surface area contributed by atoms with Gasteiger partial charge in [-0.3, -0.25) is 9.59 Å². The number of unbranched alkanes of at least 4 members (excludes halogenated alkanes) is 28. The first-order chi connectivity index (χ1) is 21.5. The normalized spacial score (nSPS) is 10.5. The minimum absolute atomic E-state index is 0.319. The molecule has 0 aliphatic rings. The summed E-state index contributed by atoms with van der Waals surface area (Å²) < 4.78 is 0. The average molecular weight is 629 g/mol. The molecule has 0 amide bonds. The lowest BCUT2D eigenvalue weighted by atomic mass is 10.0. The molecule has 0 saturated carbocycles. The molecule has 0 atom stereocenters. The molecule has 266 valence electrons. The topological polar surface area (TPSA) is 94.8 Å². The quantitative estimate of drug-likeness (QED) is 0.0628.